The number of rotatable bonds is 0. The molecule has 1 aromatic rings. The van der Waals surface area contributed by atoms with Crippen molar-refractivity contribution in [1.82, 2.24) is 0 Å². The minimum atomic E-state index is -0.103. The fourth-order valence-corrected chi connectivity index (χ4v) is 1.30. The van der Waals surface area contributed by atoms with Crippen LogP contribution in [0.4, 0.5) is 5.69 Å². The SMILES string of the molecule is OC1=CCc2ccccc2N1O. The van der Waals surface area contributed by atoms with Crippen LogP contribution in [0.25, 0.3) is 0 Å². The summed E-state index contributed by atoms with van der Waals surface area (Å²) in [6, 6.07) is 7.41. The largest absolute Gasteiger partial charge is 0.493 e. The number of hydroxylamine groups is 1. The monoisotopic (exact) mass is 163 g/mol. The Morgan fingerprint density at radius 1 is 1.25 bits per heavy atom. The van der Waals surface area contributed by atoms with Gasteiger partial charge in [-0.25, -0.2) is 0 Å². The maximum Gasteiger partial charge on any atom is 0.212 e. The molecule has 1 aliphatic heterocycles. The number of hydrogen-bond acceptors (Lipinski definition) is 3. The third-order valence-electron chi connectivity index (χ3n) is 1.94. The minimum Gasteiger partial charge on any atom is -0.493 e. The van der Waals surface area contributed by atoms with Gasteiger partial charge >= 0.3 is 0 Å². The molecular formula is C9H9NO2. The lowest BCUT2D eigenvalue weighted by Crippen LogP contribution is -2.21. The van der Waals surface area contributed by atoms with Crippen LogP contribution in [0.3, 0.4) is 0 Å². The summed E-state index contributed by atoms with van der Waals surface area (Å²) < 4.78 is 0. The molecule has 0 atom stereocenters. The average molecular weight is 163 g/mol. The molecule has 0 aliphatic carbocycles. The predicted molar refractivity (Wildman–Crippen MR) is 45.1 cm³/mol. The number of aliphatic hydroxyl groups excluding tert-OH is 1. The van der Waals surface area contributed by atoms with E-state index in [-0.39, 0.29) is 5.88 Å². The number of nitrogens with zero attached hydrogens (tertiary/aromatic N) is 1. The van der Waals surface area contributed by atoms with Crippen molar-refractivity contribution in [3.63, 3.8) is 0 Å². The first kappa shape index (κ1) is 7.18. The lowest BCUT2D eigenvalue weighted by Gasteiger charge is -2.22. The maximum atomic E-state index is 9.34. The van der Waals surface area contributed by atoms with Gasteiger partial charge < -0.3 is 5.11 Å². The van der Waals surface area contributed by atoms with E-state index in [9.17, 15) is 5.21 Å². The molecule has 62 valence electrons. The zero-order valence-electron chi connectivity index (χ0n) is 6.44. The Morgan fingerprint density at radius 2 is 2.00 bits per heavy atom. The second-order valence-corrected chi connectivity index (χ2v) is 2.71. The Labute approximate surface area is 70.1 Å². The van der Waals surface area contributed by atoms with E-state index in [4.69, 9.17) is 5.11 Å². The van der Waals surface area contributed by atoms with Crippen molar-refractivity contribution in [2.75, 3.05) is 5.06 Å². The summed E-state index contributed by atoms with van der Waals surface area (Å²) in [5.41, 5.74) is 1.66. The molecule has 12 heavy (non-hydrogen) atoms. The highest BCUT2D eigenvalue weighted by Crippen LogP contribution is 2.26. The number of para-hydroxylation sites is 1. The second-order valence-electron chi connectivity index (χ2n) is 2.71. The first-order valence-corrected chi connectivity index (χ1v) is 3.75. The molecule has 2 rings (SSSR count). The van der Waals surface area contributed by atoms with Gasteiger partial charge in [0.05, 0.1) is 5.69 Å². The fourth-order valence-electron chi connectivity index (χ4n) is 1.30. The second kappa shape index (κ2) is 2.53. The molecule has 0 saturated carbocycles. The van der Waals surface area contributed by atoms with Gasteiger partial charge in [-0.3, -0.25) is 5.21 Å². The minimum absolute atomic E-state index is 0.103. The van der Waals surface area contributed by atoms with Crippen molar-refractivity contribution in [1.29, 1.82) is 0 Å². The molecule has 2 N–H and O–H groups in total. The molecule has 0 bridgehead atoms. The third-order valence-corrected chi connectivity index (χ3v) is 1.94. The first-order chi connectivity index (χ1) is 5.79. The van der Waals surface area contributed by atoms with Gasteiger partial charge in [-0.2, -0.15) is 5.06 Å². The molecule has 0 saturated heterocycles. The lowest BCUT2D eigenvalue weighted by atomic mass is 10.1. The van der Waals surface area contributed by atoms with Gasteiger partial charge in [-0.15, -0.1) is 0 Å². The van der Waals surface area contributed by atoms with Crippen LogP contribution in [0.5, 0.6) is 0 Å². The lowest BCUT2D eigenvalue weighted by molar-refractivity contribution is 0.210. The van der Waals surface area contributed by atoms with Gasteiger partial charge in [-0.05, 0) is 24.1 Å². The van der Waals surface area contributed by atoms with Crippen LogP contribution in [-0.4, -0.2) is 10.3 Å². The summed E-state index contributed by atoms with van der Waals surface area (Å²) in [4.78, 5) is 0. The van der Waals surface area contributed by atoms with Gasteiger partial charge in [0.1, 0.15) is 0 Å². The number of aliphatic hydroxyl groups is 1. The summed E-state index contributed by atoms with van der Waals surface area (Å²) >= 11 is 0. The van der Waals surface area contributed by atoms with Crippen molar-refractivity contribution in [2.45, 2.75) is 6.42 Å². The van der Waals surface area contributed by atoms with E-state index in [2.05, 4.69) is 0 Å². The van der Waals surface area contributed by atoms with Crippen LogP contribution < -0.4 is 5.06 Å². The van der Waals surface area contributed by atoms with Crippen molar-refractivity contribution in [3.8, 4) is 0 Å². The zero-order valence-corrected chi connectivity index (χ0v) is 6.44. The van der Waals surface area contributed by atoms with Crippen molar-refractivity contribution < 1.29 is 10.3 Å². The number of allylic oxidation sites excluding steroid dienone is 1. The molecule has 0 unspecified atom stereocenters. The first-order valence-electron chi connectivity index (χ1n) is 3.75. The van der Waals surface area contributed by atoms with Crippen LogP contribution in [0.2, 0.25) is 0 Å². The molecule has 0 fully saturated rings. The maximum absolute atomic E-state index is 9.34. The molecule has 3 heteroatoms. The Hall–Kier alpha value is -1.48. The summed E-state index contributed by atoms with van der Waals surface area (Å²) in [6.07, 6.45) is 2.24. The highest BCUT2D eigenvalue weighted by molar-refractivity contribution is 5.57. The van der Waals surface area contributed by atoms with Crippen LogP contribution in [0.15, 0.2) is 36.2 Å². The van der Waals surface area contributed by atoms with Gasteiger partial charge in [0.25, 0.3) is 0 Å². The highest BCUT2D eigenvalue weighted by atomic mass is 16.5. The van der Waals surface area contributed by atoms with Gasteiger partial charge in [-0.1, -0.05) is 18.2 Å². The Morgan fingerprint density at radius 3 is 2.83 bits per heavy atom. The van der Waals surface area contributed by atoms with Crippen LogP contribution in [-0.2, 0) is 6.42 Å². The summed E-state index contributed by atoms with van der Waals surface area (Å²) in [7, 11) is 0. The number of benzene rings is 1. The molecule has 1 heterocycles. The summed E-state index contributed by atoms with van der Waals surface area (Å²) in [6.45, 7) is 0. The predicted octanol–water partition coefficient (Wildman–Crippen LogP) is 1.84. The van der Waals surface area contributed by atoms with Gasteiger partial charge in [0.2, 0.25) is 5.88 Å². The van der Waals surface area contributed by atoms with E-state index >= 15 is 0 Å². The molecule has 1 aromatic carbocycles. The van der Waals surface area contributed by atoms with Crippen molar-refractivity contribution in [3.05, 3.63) is 41.8 Å². The van der Waals surface area contributed by atoms with E-state index < -0.39 is 0 Å². The zero-order chi connectivity index (χ0) is 8.55. The fraction of sp³-hybridized carbons (Fsp3) is 0.111. The van der Waals surface area contributed by atoms with Crippen molar-refractivity contribution in [2.24, 2.45) is 0 Å². The molecule has 1 aliphatic rings. The number of fused-ring (bicyclic) bond motifs is 1. The molecule has 3 nitrogen and oxygen atoms in total. The Bertz CT molecular complexity index is 333. The summed E-state index contributed by atoms with van der Waals surface area (Å²) in [5.74, 6) is -0.103. The number of hydrogen-bond donors (Lipinski definition) is 2. The van der Waals surface area contributed by atoms with Crippen LogP contribution in [0.1, 0.15) is 5.56 Å². The average Bonchev–Trinajstić information content (AvgIpc) is 2.12. The highest BCUT2D eigenvalue weighted by Gasteiger charge is 2.15. The Balaban J connectivity index is 2.49. The Kier molecular flexibility index (Phi) is 1.52. The molecule has 0 spiro atoms. The van der Waals surface area contributed by atoms with E-state index in [0.29, 0.717) is 12.1 Å². The summed E-state index contributed by atoms with van der Waals surface area (Å²) in [5, 5.41) is 19.3. The van der Waals surface area contributed by atoms with Gasteiger partial charge in [0, 0.05) is 0 Å². The molecule has 0 amide bonds. The van der Waals surface area contributed by atoms with Crippen LogP contribution in [0, 0.1) is 0 Å². The van der Waals surface area contributed by atoms with Crippen LogP contribution >= 0.6 is 0 Å². The molecular weight excluding hydrogens is 154 g/mol. The standard InChI is InChI=1S/C9H9NO2/c11-9-6-5-7-3-1-2-4-8(7)10(9)12/h1-4,6,11-12H,5H2. The van der Waals surface area contributed by atoms with Gasteiger partial charge in [0.15, 0.2) is 0 Å². The molecule has 0 aromatic heterocycles. The van der Waals surface area contributed by atoms with E-state index in [1.54, 1.807) is 12.1 Å². The topological polar surface area (TPSA) is 43.7 Å². The van der Waals surface area contributed by atoms with E-state index in [1.807, 2.05) is 18.2 Å². The normalized spacial score (nSPS) is 15.4. The van der Waals surface area contributed by atoms with E-state index in [1.165, 1.54) is 0 Å². The smallest absolute Gasteiger partial charge is 0.212 e. The van der Waals surface area contributed by atoms with E-state index in [0.717, 1.165) is 10.6 Å². The third kappa shape index (κ3) is 0.950. The van der Waals surface area contributed by atoms with Crippen molar-refractivity contribution >= 4 is 5.69 Å². The molecule has 0 radical (unpaired) electrons. The quantitative estimate of drug-likeness (QED) is 0.613. The number of anilines is 1.